The summed E-state index contributed by atoms with van der Waals surface area (Å²) in [4.78, 5) is 16.3. The van der Waals surface area contributed by atoms with E-state index in [4.69, 9.17) is 4.42 Å². The second-order valence-corrected chi connectivity index (χ2v) is 6.64. The summed E-state index contributed by atoms with van der Waals surface area (Å²) in [5.41, 5.74) is 0.933. The summed E-state index contributed by atoms with van der Waals surface area (Å²) in [6, 6.07) is 9.96. The van der Waals surface area contributed by atoms with E-state index in [-0.39, 0.29) is 11.9 Å². The Morgan fingerprint density at radius 1 is 1.12 bits per heavy atom. The van der Waals surface area contributed by atoms with Crippen molar-refractivity contribution in [2.24, 2.45) is 0 Å². The van der Waals surface area contributed by atoms with Crippen LogP contribution in [0.3, 0.4) is 0 Å². The molecule has 0 bridgehead atoms. The number of carbonyl (C=O) groups is 1. The highest BCUT2D eigenvalue weighted by Gasteiger charge is 2.21. The minimum atomic E-state index is 0.0906. The Morgan fingerprint density at radius 2 is 1.80 bits per heavy atom. The molecule has 1 aliphatic heterocycles. The Balaban J connectivity index is 1.46. The standard InChI is InChI=1S/C18H25N5O2/c1-14(2)19-16(24)12-22-8-10-23(11-9-22)13-17-20-21-18(25-17)15-6-4-3-5-7-15/h3-7,14H,8-13H2,1-2H3,(H,19,24). The summed E-state index contributed by atoms with van der Waals surface area (Å²) in [5.74, 6) is 1.28. The number of rotatable bonds is 6. The zero-order valence-corrected chi connectivity index (χ0v) is 14.8. The first-order valence-electron chi connectivity index (χ1n) is 8.72. The predicted molar refractivity (Wildman–Crippen MR) is 94.7 cm³/mol. The monoisotopic (exact) mass is 343 g/mol. The van der Waals surface area contributed by atoms with Crippen LogP contribution in [0.2, 0.25) is 0 Å². The molecule has 134 valence electrons. The predicted octanol–water partition coefficient (Wildman–Crippen LogP) is 1.38. The molecule has 1 amide bonds. The van der Waals surface area contributed by atoms with E-state index >= 15 is 0 Å². The van der Waals surface area contributed by atoms with Gasteiger partial charge in [-0.15, -0.1) is 10.2 Å². The van der Waals surface area contributed by atoms with Gasteiger partial charge in [-0.3, -0.25) is 14.6 Å². The van der Waals surface area contributed by atoms with Gasteiger partial charge in [0.15, 0.2) is 0 Å². The highest BCUT2D eigenvalue weighted by atomic mass is 16.4. The number of carbonyl (C=O) groups excluding carboxylic acids is 1. The van der Waals surface area contributed by atoms with Crippen molar-refractivity contribution in [3.63, 3.8) is 0 Å². The summed E-state index contributed by atoms with van der Waals surface area (Å²) < 4.78 is 5.77. The van der Waals surface area contributed by atoms with Gasteiger partial charge in [0.25, 0.3) is 0 Å². The Kier molecular flexibility index (Phi) is 5.78. The summed E-state index contributed by atoms with van der Waals surface area (Å²) >= 11 is 0. The van der Waals surface area contributed by atoms with Crippen molar-refractivity contribution in [2.45, 2.75) is 26.4 Å². The minimum Gasteiger partial charge on any atom is -0.419 e. The zero-order valence-electron chi connectivity index (χ0n) is 14.8. The maximum absolute atomic E-state index is 11.8. The van der Waals surface area contributed by atoms with Crippen molar-refractivity contribution < 1.29 is 9.21 Å². The lowest BCUT2D eigenvalue weighted by molar-refractivity contribution is -0.123. The minimum absolute atomic E-state index is 0.0906. The summed E-state index contributed by atoms with van der Waals surface area (Å²) in [6.07, 6.45) is 0. The van der Waals surface area contributed by atoms with Gasteiger partial charge < -0.3 is 9.73 Å². The molecule has 0 aliphatic carbocycles. The molecule has 7 heteroatoms. The molecule has 1 fully saturated rings. The van der Waals surface area contributed by atoms with E-state index in [1.165, 1.54) is 0 Å². The van der Waals surface area contributed by atoms with Crippen LogP contribution in [-0.2, 0) is 11.3 Å². The van der Waals surface area contributed by atoms with Gasteiger partial charge in [-0.2, -0.15) is 0 Å². The van der Waals surface area contributed by atoms with Gasteiger partial charge in [0.05, 0.1) is 13.1 Å². The Bertz CT molecular complexity index is 678. The van der Waals surface area contributed by atoms with Crippen LogP contribution >= 0.6 is 0 Å². The number of nitrogens with zero attached hydrogens (tertiary/aromatic N) is 4. The van der Waals surface area contributed by atoms with Gasteiger partial charge in [0.2, 0.25) is 17.7 Å². The molecule has 0 saturated carbocycles. The van der Waals surface area contributed by atoms with E-state index < -0.39 is 0 Å². The van der Waals surface area contributed by atoms with Crippen LogP contribution in [0.5, 0.6) is 0 Å². The van der Waals surface area contributed by atoms with Crippen LogP contribution in [0.25, 0.3) is 11.5 Å². The Morgan fingerprint density at radius 3 is 2.48 bits per heavy atom. The second-order valence-electron chi connectivity index (χ2n) is 6.64. The van der Waals surface area contributed by atoms with Crippen LogP contribution in [0, 0.1) is 0 Å². The van der Waals surface area contributed by atoms with Crippen LogP contribution < -0.4 is 5.32 Å². The van der Waals surface area contributed by atoms with Gasteiger partial charge in [0, 0.05) is 37.8 Å². The van der Waals surface area contributed by atoms with Gasteiger partial charge in [-0.1, -0.05) is 18.2 Å². The number of nitrogens with one attached hydrogen (secondary N) is 1. The lowest BCUT2D eigenvalue weighted by Gasteiger charge is -2.33. The number of hydrogen-bond acceptors (Lipinski definition) is 6. The molecule has 0 radical (unpaired) electrons. The molecule has 1 N–H and O–H groups in total. The lowest BCUT2D eigenvalue weighted by Crippen LogP contribution is -2.49. The molecule has 3 rings (SSSR count). The number of piperazine rings is 1. The smallest absolute Gasteiger partial charge is 0.247 e. The molecule has 0 spiro atoms. The fourth-order valence-corrected chi connectivity index (χ4v) is 2.88. The van der Waals surface area contributed by atoms with Gasteiger partial charge >= 0.3 is 0 Å². The topological polar surface area (TPSA) is 74.5 Å². The van der Waals surface area contributed by atoms with Crippen LogP contribution in [0.4, 0.5) is 0 Å². The summed E-state index contributed by atoms with van der Waals surface area (Å²) in [5, 5.41) is 11.2. The largest absolute Gasteiger partial charge is 0.419 e. The summed E-state index contributed by atoms with van der Waals surface area (Å²) in [7, 11) is 0. The maximum atomic E-state index is 11.8. The van der Waals surface area contributed by atoms with Gasteiger partial charge in [-0.25, -0.2) is 0 Å². The second kappa shape index (κ2) is 8.22. The summed E-state index contributed by atoms with van der Waals surface area (Å²) in [6.45, 7) is 8.57. The van der Waals surface area contributed by atoms with E-state index in [0.29, 0.717) is 24.9 Å². The van der Waals surface area contributed by atoms with Crippen molar-refractivity contribution in [3.05, 3.63) is 36.2 Å². The number of amides is 1. The molecular formula is C18H25N5O2. The third-order valence-electron chi connectivity index (χ3n) is 4.13. The molecule has 1 aliphatic rings. The average Bonchev–Trinajstić information content (AvgIpc) is 3.05. The molecule has 1 aromatic heterocycles. The maximum Gasteiger partial charge on any atom is 0.247 e. The van der Waals surface area contributed by atoms with Crippen molar-refractivity contribution >= 4 is 5.91 Å². The van der Waals surface area contributed by atoms with E-state index in [1.54, 1.807) is 0 Å². The third kappa shape index (κ3) is 5.11. The fourth-order valence-electron chi connectivity index (χ4n) is 2.88. The van der Waals surface area contributed by atoms with E-state index in [2.05, 4.69) is 25.3 Å². The van der Waals surface area contributed by atoms with E-state index in [9.17, 15) is 4.79 Å². The van der Waals surface area contributed by atoms with Crippen molar-refractivity contribution in [3.8, 4) is 11.5 Å². The quantitative estimate of drug-likeness (QED) is 0.854. The highest BCUT2D eigenvalue weighted by Crippen LogP contribution is 2.18. The lowest BCUT2D eigenvalue weighted by atomic mass is 10.2. The SMILES string of the molecule is CC(C)NC(=O)CN1CCN(Cc2nnc(-c3ccccc3)o2)CC1. The molecular weight excluding hydrogens is 318 g/mol. The molecule has 0 unspecified atom stereocenters. The van der Waals surface area contributed by atoms with Crippen LogP contribution in [0.1, 0.15) is 19.7 Å². The molecule has 1 saturated heterocycles. The molecule has 1 aromatic carbocycles. The Labute approximate surface area is 148 Å². The molecule has 2 aromatic rings. The number of benzene rings is 1. The molecule has 7 nitrogen and oxygen atoms in total. The molecule has 2 heterocycles. The first-order chi connectivity index (χ1) is 12.1. The Hall–Kier alpha value is -2.25. The number of hydrogen-bond donors (Lipinski definition) is 1. The molecule has 25 heavy (non-hydrogen) atoms. The van der Waals surface area contributed by atoms with Gasteiger partial charge in [-0.05, 0) is 26.0 Å². The average molecular weight is 343 g/mol. The fraction of sp³-hybridized carbons (Fsp3) is 0.500. The third-order valence-corrected chi connectivity index (χ3v) is 4.13. The highest BCUT2D eigenvalue weighted by molar-refractivity contribution is 5.78. The first kappa shape index (κ1) is 17.6. The normalized spacial score (nSPS) is 16.3. The van der Waals surface area contributed by atoms with E-state index in [1.807, 2.05) is 44.2 Å². The van der Waals surface area contributed by atoms with Crippen molar-refractivity contribution in [1.29, 1.82) is 0 Å². The van der Waals surface area contributed by atoms with Gasteiger partial charge in [0.1, 0.15) is 0 Å². The van der Waals surface area contributed by atoms with Crippen molar-refractivity contribution in [1.82, 2.24) is 25.3 Å². The van der Waals surface area contributed by atoms with Crippen LogP contribution in [-0.4, -0.2) is 64.7 Å². The zero-order chi connectivity index (χ0) is 17.6. The van der Waals surface area contributed by atoms with Crippen molar-refractivity contribution in [2.75, 3.05) is 32.7 Å². The van der Waals surface area contributed by atoms with Crippen LogP contribution in [0.15, 0.2) is 34.7 Å². The first-order valence-corrected chi connectivity index (χ1v) is 8.72. The molecule has 0 atom stereocenters. The number of aromatic nitrogens is 2. The van der Waals surface area contributed by atoms with E-state index in [0.717, 1.165) is 31.7 Å².